The van der Waals surface area contributed by atoms with Gasteiger partial charge in [0.1, 0.15) is 6.54 Å². The molecular formula is C13H23N2O3S+. The van der Waals surface area contributed by atoms with E-state index in [1.54, 1.807) is 30.3 Å². The SMILES string of the molecule is C[NH+](CCO)CC(C)(C)NS(=O)(=O)c1ccccc1. The van der Waals surface area contributed by atoms with Gasteiger partial charge in [-0.3, -0.25) is 0 Å². The molecule has 0 spiro atoms. The standard InChI is InChI=1S/C13H22N2O3S/c1-13(2,11-15(3)9-10-16)14-19(17,18)12-7-5-4-6-8-12/h4-8,14,16H,9-11H2,1-3H3/p+1. The summed E-state index contributed by atoms with van der Waals surface area (Å²) in [6.07, 6.45) is 0. The summed E-state index contributed by atoms with van der Waals surface area (Å²) in [5.74, 6) is 0. The number of rotatable bonds is 7. The van der Waals surface area contributed by atoms with Crippen LogP contribution in [0.5, 0.6) is 0 Å². The third-order valence-electron chi connectivity index (χ3n) is 2.75. The lowest BCUT2D eigenvalue weighted by Crippen LogP contribution is -3.11. The average molecular weight is 287 g/mol. The van der Waals surface area contributed by atoms with Gasteiger partial charge in [0.25, 0.3) is 0 Å². The summed E-state index contributed by atoms with van der Waals surface area (Å²) < 4.78 is 27.1. The van der Waals surface area contributed by atoms with E-state index in [1.165, 1.54) is 0 Å². The molecule has 108 valence electrons. The predicted molar refractivity (Wildman–Crippen MR) is 74.5 cm³/mol. The molecule has 0 aliphatic heterocycles. The van der Waals surface area contributed by atoms with Crippen molar-refractivity contribution in [3.05, 3.63) is 30.3 Å². The molecule has 0 heterocycles. The molecule has 0 radical (unpaired) electrons. The van der Waals surface area contributed by atoms with E-state index in [1.807, 2.05) is 20.9 Å². The second-order valence-corrected chi connectivity index (χ2v) is 7.09. The Balaban J connectivity index is 2.77. The topological polar surface area (TPSA) is 70.8 Å². The minimum Gasteiger partial charge on any atom is -0.391 e. The van der Waals surface area contributed by atoms with E-state index >= 15 is 0 Å². The minimum atomic E-state index is -3.50. The van der Waals surface area contributed by atoms with Crippen LogP contribution < -0.4 is 9.62 Å². The van der Waals surface area contributed by atoms with Gasteiger partial charge in [-0.25, -0.2) is 8.42 Å². The van der Waals surface area contributed by atoms with Crippen LogP contribution in [0.3, 0.4) is 0 Å². The van der Waals surface area contributed by atoms with Crippen molar-refractivity contribution >= 4 is 10.0 Å². The summed E-state index contributed by atoms with van der Waals surface area (Å²) in [6.45, 7) is 4.96. The fraction of sp³-hybridized carbons (Fsp3) is 0.538. The Morgan fingerprint density at radius 3 is 2.37 bits per heavy atom. The molecule has 3 N–H and O–H groups in total. The summed E-state index contributed by atoms with van der Waals surface area (Å²) in [7, 11) is -1.58. The highest BCUT2D eigenvalue weighted by molar-refractivity contribution is 7.89. The maximum atomic E-state index is 12.2. The van der Waals surface area contributed by atoms with Gasteiger partial charge in [-0.15, -0.1) is 0 Å². The Kier molecular flexibility index (Phi) is 5.49. The number of benzene rings is 1. The van der Waals surface area contributed by atoms with Crippen LogP contribution in [0.25, 0.3) is 0 Å². The summed E-state index contributed by atoms with van der Waals surface area (Å²) in [4.78, 5) is 1.34. The maximum Gasteiger partial charge on any atom is 0.241 e. The molecule has 0 saturated heterocycles. The van der Waals surface area contributed by atoms with Crippen molar-refractivity contribution in [2.75, 3.05) is 26.7 Å². The molecular weight excluding hydrogens is 264 g/mol. The van der Waals surface area contributed by atoms with Gasteiger partial charge < -0.3 is 10.0 Å². The highest BCUT2D eigenvalue weighted by Crippen LogP contribution is 2.11. The maximum absolute atomic E-state index is 12.2. The number of sulfonamides is 1. The minimum absolute atomic E-state index is 0.0906. The fourth-order valence-corrected chi connectivity index (χ4v) is 3.53. The lowest BCUT2D eigenvalue weighted by Gasteiger charge is -2.28. The molecule has 1 aromatic rings. The molecule has 1 aromatic carbocycles. The van der Waals surface area contributed by atoms with Crippen molar-refractivity contribution < 1.29 is 18.4 Å². The van der Waals surface area contributed by atoms with Gasteiger partial charge in [0, 0.05) is 0 Å². The van der Waals surface area contributed by atoms with Gasteiger partial charge in [-0.05, 0) is 26.0 Å². The van der Waals surface area contributed by atoms with Crippen molar-refractivity contribution in [3.8, 4) is 0 Å². The van der Waals surface area contributed by atoms with Gasteiger partial charge in [0.15, 0.2) is 0 Å². The number of likely N-dealkylation sites (N-methyl/N-ethyl adjacent to an activating group) is 1. The number of nitrogens with one attached hydrogen (secondary N) is 2. The van der Waals surface area contributed by atoms with Crippen molar-refractivity contribution in [2.45, 2.75) is 24.3 Å². The second-order valence-electron chi connectivity index (χ2n) is 5.41. The van der Waals surface area contributed by atoms with Crippen LogP contribution in [0.2, 0.25) is 0 Å². The molecule has 1 unspecified atom stereocenters. The first-order valence-corrected chi connectivity index (χ1v) is 7.76. The zero-order valence-corrected chi connectivity index (χ0v) is 12.5. The van der Waals surface area contributed by atoms with E-state index in [0.29, 0.717) is 13.1 Å². The lowest BCUT2D eigenvalue weighted by molar-refractivity contribution is -0.883. The smallest absolute Gasteiger partial charge is 0.241 e. The Labute approximate surface area is 115 Å². The van der Waals surface area contributed by atoms with Crippen LogP contribution in [-0.4, -0.2) is 45.8 Å². The van der Waals surface area contributed by atoms with E-state index in [-0.39, 0.29) is 11.5 Å². The largest absolute Gasteiger partial charge is 0.391 e. The van der Waals surface area contributed by atoms with Crippen LogP contribution in [0.1, 0.15) is 13.8 Å². The van der Waals surface area contributed by atoms with Crippen LogP contribution >= 0.6 is 0 Å². The predicted octanol–water partition coefficient (Wildman–Crippen LogP) is -0.749. The third-order valence-corrected chi connectivity index (χ3v) is 4.46. The molecule has 1 rings (SSSR count). The lowest BCUT2D eigenvalue weighted by atomic mass is 10.1. The Bertz CT molecular complexity index is 486. The molecule has 0 amide bonds. The van der Waals surface area contributed by atoms with E-state index in [4.69, 9.17) is 5.11 Å². The molecule has 19 heavy (non-hydrogen) atoms. The van der Waals surface area contributed by atoms with Gasteiger partial charge in [0.05, 0.1) is 30.6 Å². The first-order chi connectivity index (χ1) is 8.77. The zero-order chi connectivity index (χ0) is 14.5. The normalized spacial score (nSPS) is 14.3. The summed E-state index contributed by atoms with van der Waals surface area (Å²) in [5, 5.41) is 8.88. The van der Waals surface area contributed by atoms with E-state index in [0.717, 1.165) is 4.90 Å². The van der Waals surface area contributed by atoms with E-state index in [9.17, 15) is 8.42 Å². The average Bonchev–Trinajstić information content (AvgIpc) is 2.28. The Morgan fingerprint density at radius 2 is 1.84 bits per heavy atom. The number of aliphatic hydroxyl groups excluding tert-OH is 1. The molecule has 1 atom stereocenters. The van der Waals surface area contributed by atoms with Crippen LogP contribution in [0.15, 0.2) is 35.2 Å². The molecule has 0 aromatic heterocycles. The van der Waals surface area contributed by atoms with Crippen LogP contribution in [-0.2, 0) is 10.0 Å². The molecule has 0 fully saturated rings. The molecule has 0 bridgehead atoms. The quantitative estimate of drug-likeness (QED) is 0.618. The monoisotopic (exact) mass is 287 g/mol. The van der Waals surface area contributed by atoms with Gasteiger partial charge in [-0.2, -0.15) is 4.72 Å². The Morgan fingerprint density at radius 1 is 1.26 bits per heavy atom. The molecule has 0 saturated carbocycles. The molecule has 0 aliphatic carbocycles. The van der Waals surface area contributed by atoms with Crippen molar-refractivity contribution in [1.29, 1.82) is 0 Å². The second kappa shape index (κ2) is 6.47. The van der Waals surface area contributed by atoms with Gasteiger partial charge in [0.2, 0.25) is 10.0 Å². The molecule has 6 heteroatoms. The van der Waals surface area contributed by atoms with Crippen LogP contribution in [0, 0.1) is 0 Å². The molecule has 5 nitrogen and oxygen atoms in total. The third kappa shape index (κ3) is 5.28. The van der Waals surface area contributed by atoms with Gasteiger partial charge >= 0.3 is 0 Å². The Hall–Kier alpha value is -0.950. The number of hydrogen-bond acceptors (Lipinski definition) is 3. The summed E-state index contributed by atoms with van der Waals surface area (Å²) in [6, 6.07) is 8.32. The highest BCUT2D eigenvalue weighted by Gasteiger charge is 2.29. The van der Waals surface area contributed by atoms with Crippen molar-refractivity contribution in [1.82, 2.24) is 4.72 Å². The van der Waals surface area contributed by atoms with E-state index < -0.39 is 15.6 Å². The van der Waals surface area contributed by atoms with Crippen molar-refractivity contribution in [2.24, 2.45) is 0 Å². The number of hydrogen-bond donors (Lipinski definition) is 3. The van der Waals surface area contributed by atoms with E-state index in [2.05, 4.69) is 4.72 Å². The first-order valence-electron chi connectivity index (χ1n) is 6.28. The summed E-state index contributed by atoms with van der Waals surface area (Å²) >= 11 is 0. The zero-order valence-electron chi connectivity index (χ0n) is 11.7. The van der Waals surface area contributed by atoms with Gasteiger partial charge in [-0.1, -0.05) is 18.2 Å². The highest BCUT2D eigenvalue weighted by atomic mass is 32.2. The van der Waals surface area contributed by atoms with Crippen molar-refractivity contribution in [3.63, 3.8) is 0 Å². The van der Waals surface area contributed by atoms with Crippen LogP contribution in [0.4, 0.5) is 0 Å². The fourth-order valence-electron chi connectivity index (χ4n) is 2.09. The number of quaternary nitrogens is 1. The number of aliphatic hydroxyl groups is 1. The summed E-state index contributed by atoms with van der Waals surface area (Å²) in [5.41, 5.74) is -0.575. The molecule has 0 aliphatic rings. The first kappa shape index (κ1) is 16.1.